The van der Waals surface area contributed by atoms with E-state index in [0.717, 1.165) is 33.5 Å². The maximum absolute atomic E-state index is 9.70. The molecular weight excluding hydrogens is 348 g/mol. The summed E-state index contributed by atoms with van der Waals surface area (Å²) in [4.78, 5) is 4.59. The molecule has 3 aromatic carbocycles. The molecule has 0 aliphatic carbocycles. The minimum atomic E-state index is 0.318. The third kappa shape index (κ3) is 3.15. The van der Waals surface area contributed by atoms with Gasteiger partial charge in [-0.05, 0) is 40.6 Å². The molecule has 0 spiro atoms. The molecule has 0 radical (unpaired) electrons. The van der Waals surface area contributed by atoms with E-state index in [2.05, 4.69) is 35.3 Å². The number of hydrogen-bond donors (Lipinski definition) is 0. The van der Waals surface area contributed by atoms with E-state index in [0.29, 0.717) is 11.4 Å². The van der Waals surface area contributed by atoms with Gasteiger partial charge in [0.2, 0.25) is 5.88 Å². The van der Waals surface area contributed by atoms with Crippen molar-refractivity contribution in [2.24, 2.45) is 0 Å². The first-order valence-corrected chi connectivity index (χ1v) is 8.86. The van der Waals surface area contributed by atoms with Gasteiger partial charge in [-0.15, -0.1) is 0 Å². The molecule has 0 bridgehead atoms. The summed E-state index contributed by atoms with van der Waals surface area (Å²) in [7, 11) is 3.16. The molecule has 4 nitrogen and oxygen atoms in total. The summed E-state index contributed by atoms with van der Waals surface area (Å²) in [6.45, 7) is 0. The van der Waals surface area contributed by atoms with E-state index in [-0.39, 0.29) is 0 Å². The molecule has 28 heavy (non-hydrogen) atoms. The number of nitriles is 1. The van der Waals surface area contributed by atoms with Gasteiger partial charge in [0.25, 0.3) is 0 Å². The van der Waals surface area contributed by atoms with Crippen molar-refractivity contribution in [2.75, 3.05) is 14.2 Å². The van der Waals surface area contributed by atoms with Crippen LogP contribution in [0.4, 0.5) is 0 Å². The van der Waals surface area contributed by atoms with E-state index in [4.69, 9.17) is 9.47 Å². The van der Waals surface area contributed by atoms with Crippen LogP contribution in [-0.4, -0.2) is 19.2 Å². The van der Waals surface area contributed by atoms with Crippen molar-refractivity contribution in [3.05, 3.63) is 78.4 Å². The Balaban J connectivity index is 1.91. The highest BCUT2D eigenvalue weighted by Gasteiger charge is 2.16. The predicted molar refractivity (Wildman–Crippen MR) is 110 cm³/mol. The van der Waals surface area contributed by atoms with Crippen molar-refractivity contribution >= 4 is 10.8 Å². The van der Waals surface area contributed by atoms with Crippen molar-refractivity contribution in [1.82, 2.24) is 4.98 Å². The molecule has 0 amide bonds. The van der Waals surface area contributed by atoms with Crippen molar-refractivity contribution in [3.63, 3.8) is 0 Å². The summed E-state index contributed by atoms with van der Waals surface area (Å²) >= 11 is 0. The lowest BCUT2D eigenvalue weighted by atomic mass is 9.97. The van der Waals surface area contributed by atoms with Gasteiger partial charge in [0, 0.05) is 11.1 Å². The molecule has 1 heterocycles. The zero-order valence-corrected chi connectivity index (χ0v) is 15.6. The van der Waals surface area contributed by atoms with Crippen molar-refractivity contribution < 1.29 is 9.47 Å². The standard InChI is InChI=1S/C24H18N2O2/c1-27-20-11-9-17(10-12-20)21-14-23(26-24(28-2)22(21)15-25)19-8-7-16-5-3-4-6-18(16)13-19/h3-14H,1-2H3. The Morgan fingerprint density at radius 2 is 1.50 bits per heavy atom. The minimum absolute atomic E-state index is 0.318. The fourth-order valence-corrected chi connectivity index (χ4v) is 3.27. The SMILES string of the molecule is COc1ccc(-c2cc(-c3ccc4ccccc4c3)nc(OC)c2C#N)cc1. The summed E-state index contributed by atoms with van der Waals surface area (Å²) < 4.78 is 10.7. The Hall–Kier alpha value is -3.84. The molecule has 136 valence electrons. The Labute approximate surface area is 163 Å². The normalized spacial score (nSPS) is 10.5. The second-order valence-electron chi connectivity index (χ2n) is 6.34. The molecular formula is C24H18N2O2. The number of nitrogens with zero attached hydrogens (tertiary/aromatic N) is 2. The molecule has 0 N–H and O–H groups in total. The number of aromatic nitrogens is 1. The van der Waals surface area contributed by atoms with Gasteiger partial charge in [-0.1, -0.05) is 48.5 Å². The summed E-state index contributed by atoms with van der Waals surface area (Å²) in [5.74, 6) is 1.08. The van der Waals surface area contributed by atoms with Crippen LogP contribution in [0.15, 0.2) is 72.8 Å². The van der Waals surface area contributed by atoms with Gasteiger partial charge in [0.15, 0.2) is 0 Å². The molecule has 4 aromatic rings. The van der Waals surface area contributed by atoms with E-state index in [1.54, 1.807) is 7.11 Å². The Bertz CT molecular complexity index is 1190. The van der Waals surface area contributed by atoms with E-state index in [1.807, 2.05) is 48.5 Å². The second-order valence-corrected chi connectivity index (χ2v) is 6.34. The molecule has 0 atom stereocenters. The molecule has 0 saturated carbocycles. The minimum Gasteiger partial charge on any atom is -0.497 e. The number of pyridine rings is 1. The van der Waals surface area contributed by atoms with Crippen LogP contribution in [0.1, 0.15) is 5.56 Å². The van der Waals surface area contributed by atoms with Gasteiger partial charge in [-0.2, -0.15) is 5.26 Å². The average molecular weight is 366 g/mol. The lowest BCUT2D eigenvalue weighted by molar-refractivity contribution is 0.397. The Morgan fingerprint density at radius 3 is 2.18 bits per heavy atom. The summed E-state index contributed by atoms with van der Waals surface area (Å²) in [5, 5.41) is 12.0. The van der Waals surface area contributed by atoms with Gasteiger partial charge in [0.05, 0.1) is 19.9 Å². The lowest BCUT2D eigenvalue weighted by Gasteiger charge is -2.12. The predicted octanol–water partition coefficient (Wildman–Crippen LogP) is 5.46. The van der Waals surface area contributed by atoms with Crippen LogP contribution < -0.4 is 9.47 Å². The molecule has 4 heteroatoms. The van der Waals surface area contributed by atoms with Crippen molar-refractivity contribution in [2.45, 2.75) is 0 Å². The fraction of sp³-hybridized carbons (Fsp3) is 0.0833. The fourth-order valence-electron chi connectivity index (χ4n) is 3.27. The van der Waals surface area contributed by atoms with Crippen molar-refractivity contribution in [3.8, 4) is 40.1 Å². The monoisotopic (exact) mass is 366 g/mol. The average Bonchev–Trinajstić information content (AvgIpc) is 2.77. The summed E-state index contributed by atoms with van der Waals surface area (Å²) in [6, 6.07) is 26.2. The molecule has 1 aromatic heterocycles. The molecule has 0 saturated heterocycles. The van der Waals surface area contributed by atoms with Gasteiger partial charge in [-0.25, -0.2) is 4.98 Å². The van der Waals surface area contributed by atoms with Crippen molar-refractivity contribution in [1.29, 1.82) is 5.26 Å². The third-order valence-corrected chi connectivity index (χ3v) is 4.74. The first kappa shape index (κ1) is 17.6. The van der Waals surface area contributed by atoms with E-state index in [9.17, 15) is 5.26 Å². The third-order valence-electron chi connectivity index (χ3n) is 4.74. The van der Waals surface area contributed by atoms with E-state index >= 15 is 0 Å². The maximum Gasteiger partial charge on any atom is 0.232 e. The highest BCUT2D eigenvalue weighted by atomic mass is 16.5. The molecule has 0 aliphatic rings. The summed E-state index contributed by atoms with van der Waals surface area (Å²) in [5.41, 5.74) is 3.82. The lowest BCUT2D eigenvalue weighted by Crippen LogP contribution is -1.98. The summed E-state index contributed by atoms with van der Waals surface area (Å²) in [6.07, 6.45) is 0. The first-order chi connectivity index (χ1) is 13.7. The van der Waals surface area contributed by atoms with Crippen LogP contribution in [0.5, 0.6) is 11.6 Å². The van der Waals surface area contributed by atoms with Gasteiger partial charge in [0.1, 0.15) is 17.4 Å². The Kier molecular flexibility index (Phi) is 4.65. The highest BCUT2D eigenvalue weighted by molar-refractivity contribution is 5.88. The van der Waals surface area contributed by atoms with E-state index in [1.165, 1.54) is 12.5 Å². The number of benzene rings is 3. The zero-order chi connectivity index (χ0) is 19.5. The van der Waals surface area contributed by atoms with E-state index < -0.39 is 0 Å². The topological polar surface area (TPSA) is 55.1 Å². The second kappa shape index (κ2) is 7.42. The molecule has 4 rings (SSSR count). The number of ether oxygens (including phenoxy) is 2. The highest BCUT2D eigenvalue weighted by Crippen LogP contribution is 2.34. The largest absolute Gasteiger partial charge is 0.497 e. The van der Waals surface area contributed by atoms with Crippen LogP contribution in [0.25, 0.3) is 33.2 Å². The molecule has 0 unspecified atom stereocenters. The van der Waals surface area contributed by atoms with Gasteiger partial charge in [-0.3, -0.25) is 0 Å². The van der Waals surface area contributed by atoms with Gasteiger partial charge >= 0.3 is 0 Å². The number of rotatable bonds is 4. The Morgan fingerprint density at radius 1 is 0.786 bits per heavy atom. The number of methoxy groups -OCH3 is 2. The smallest absolute Gasteiger partial charge is 0.232 e. The molecule has 0 fully saturated rings. The number of hydrogen-bond acceptors (Lipinski definition) is 4. The van der Waals surface area contributed by atoms with Crippen LogP contribution in [-0.2, 0) is 0 Å². The first-order valence-electron chi connectivity index (χ1n) is 8.86. The van der Waals surface area contributed by atoms with Crippen LogP contribution in [0.2, 0.25) is 0 Å². The number of fused-ring (bicyclic) bond motifs is 1. The quantitative estimate of drug-likeness (QED) is 0.481. The zero-order valence-electron chi connectivity index (χ0n) is 15.6. The van der Waals surface area contributed by atoms with Gasteiger partial charge < -0.3 is 9.47 Å². The maximum atomic E-state index is 9.70. The van der Waals surface area contributed by atoms with Crippen LogP contribution >= 0.6 is 0 Å². The molecule has 0 aliphatic heterocycles. The van der Waals surface area contributed by atoms with Crippen LogP contribution in [0.3, 0.4) is 0 Å². The van der Waals surface area contributed by atoms with Crippen LogP contribution in [0, 0.1) is 11.3 Å².